The molecule has 0 spiro atoms. The molecule has 0 aliphatic carbocycles. The lowest BCUT2D eigenvalue weighted by Crippen LogP contribution is -2.21. The molecule has 5 heteroatoms. The van der Waals surface area contributed by atoms with Gasteiger partial charge in [-0.25, -0.2) is 5.43 Å². The molecule has 0 bridgehead atoms. The molecule has 0 aromatic carbocycles. The zero-order chi connectivity index (χ0) is 9.68. The van der Waals surface area contributed by atoms with Gasteiger partial charge in [-0.1, -0.05) is 0 Å². The van der Waals surface area contributed by atoms with Crippen molar-refractivity contribution in [1.29, 1.82) is 0 Å². The minimum Gasteiger partial charge on any atom is -0.396 e. The van der Waals surface area contributed by atoms with E-state index in [9.17, 15) is 4.79 Å². The Labute approximate surface area is 81.8 Å². The molecule has 1 aliphatic rings. The van der Waals surface area contributed by atoms with E-state index in [1.165, 1.54) is 0 Å². The summed E-state index contributed by atoms with van der Waals surface area (Å²) in [4.78, 5) is 10.9. The lowest BCUT2D eigenvalue weighted by atomic mass is 10.2. The van der Waals surface area contributed by atoms with Gasteiger partial charge in [0.25, 0.3) is 0 Å². The number of thioether (sulfide) groups is 1. The first-order valence-corrected chi connectivity index (χ1v) is 5.36. The van der Waals surface area contributed by atoms with E-state index in [0.717, 1.165) is 17.9 Å². The highest BCUT2D eigenvalue weighted by Crippen LogP contribution is 2.22. The van der Waals surface area contributed by atoms with E-state index < -0.39 is 0 Å². The summed E-state index contributed by atoms with van der Waals surface area (Å²) < 4.78 is 0. The summed E-state index contributed by atoms with van der Waals surface area (Å²) in [6.07, 6.45) is 1.07. The van der Waals surface area contributed by atoms with E-state index in [4.69, 9.17) is 5.11 Å². The van der Waals surface area contributed by atoms with Gasteiger partial charge in [0.05, 0.1) is 18.7 Å². The summed E-state index contributed by atoms with van der Waals surface area (Å²) in [5.41, 5.74) is 3.47. The first-order valence-electron chi connectivity index (χ1n) is 4.32. The van der Waals surface area contributed by atoms with E-state index in [1.54, 1.807) is 0 Å². The molecule has 0 radical (unpaired) electrons. The fourth-order valence-electron chi connectivity index (χ4n) is 1.08. The topological polar surface area (TPSA) is 61.7 Å². The van der Waals surface area contributed by atoms with Crippen molar-refractivity contribution >= 4 is 23.4 Å². The van der Waals surface area contributed by atoms with Crippen molar-refractivity contribution in [2.75, 3.05) is 12.4 Å². The van der Waals surface area contributed by atoms with Crippen LogP contribution in [0.15, 0.2) is 5.10 Å². The zero-order valence-electron chi connectivity index (χ0n) is 7.62. The van der Waals surface area contributed by atoms with Crippen molar-refractivity contribution < 1.29 is 9.90 Å². The summed E-state index contributed by atoms with van der Waals surface area (Å²) in [7, 11) is 0. The molecule has 2 N–H and O–H groups in total. The Balaban J connectivity index is 2.34. The molecule has 1 heterocycles. The summed E-state index contributed by atoms with van der Waals surface area (Å²) >= 11 is 1.84. The summed E-state index contributed by atoms with van der Waals surface area (Å²) in [6.45, 7) is 1.95. The highest BCUT2D eigenvalue weighted by molar-refractivity contribution is 8.01. The Kier molecular flexibility index (Phi) is 4.24. The molecule has 0 saturated carbocycles. The minimum atomic E-state index is -0.223. The number of carbonyl (C=O) groups is 1. The van der Waals surface area contributed by atoms with Gasteiger partial charge in [0.2, 0.25) is 5.91 Å². The maximum atomic E-state index is 10.9. The van der Waals surface area contributed by atoms with Crippen molar-refractivity contribution in [2.24, 2.45) is 5.10 Å². The number of hydrogen-bond donors (Lipinski definition) is 2. The number of nitrogens with one attached hydrogen (secondary N) is 1. The van der Waals surface area contributed by atoms with Crippen LogP contribution in [0.1, 0.15) is 19.8 Å². The van der Waals surface area contributed by atoms with Crippen LogP contribution in [0.4, 0.5) is 0 Å². The predicted molar refractivity (Wildman–Crippen MR) is 53.8 cm³/mol. The third-order valence-electron chi connectivity index (χ3n) is 1.86. The number of hydrazone groups is 1. The Hall–Kier alpha value is -0.550. The third kappa shape index (κ3) is 3.36. The Bertz CT molecular complexity index is 218. The van der Waals surface area contributed by atoms with Crippen molar-refractivity contribution in [3.05, 3.63) is 0 Å². The highest BCUT2D eigenvalue weighted by Gasteiger charge is 2.18. The van der Waals surface area contributed by atoms with Crippen LogP contribution in [0.25, 0.3) is 0 Å². The summed E-state index contributed by atoms with van der Waals surface area (Å²) in [6, 6.07) is 0. The Morgan fingerprint density at radius 1 is 1.85 bits per heavy atom. The van der Waals surface area contributed by atoms with E-state index in [1.807, 2.05) is 11.8 Å². The molecule has 1 aliphatic heterocycles. The monoisotopic (exact) mass is 202 g/mol. The van der Waals surface area contributed by atoms with Gasteiger partial charge in [-0.15, -0.1) is 0 Å². The fourth-order valence-corrected chi connectivity index (χ4v) is 2.12. The van der Waals surface area contributed by atoms with Gasteiger partial charge in [-0.3, -0.25) is 4.79 Å². The van der Waals surface area contributed by atoms with E-state index in [0.29, 0.717) is 5.25 Å². The van der Waals surface area contributed by atoms with Crippen LogP contribution in [0, 0.1) is 0 Å². The first kappa shape index (κ1) is 10.5. The second kappa shape index (κ2) is 5.24. The molecule has 4 nitrogen and oxygen atoms in total. The molecule has 0 aromatic heterocycles. The lowest BCUT2D eigenvalue weighted by molar-refractivity contribution is -0.121. The Morgan fingerprint density at radius 2 is 2.62 bits per heavy atom. The van der Waals surface area contributed by atoms with E-state index >= 15 is 0 Å². The second-order valence-corrected chi connectivity index (χ2v) is 4.32. The van der Waals surface area contributed by atoms with Gasteiger partial charge in [-0.05, 0) is 19.1 Å². The first-order chi connectivity index (χ1) is 6.24. The molecule has 13 heavy (non-hydrogen) atoms. The number of hydrogen-bond acceptors (Lipinski definition) is 4. The number of rotatable bonds is 3. The molecule has 1 unspecified atom stereocenters. The fraction of sp³-hybridized carbons (Fsp3) is 0.750. The van der Waals surface area contributed by atoms with E-state index in [-0.39, 0.29) is 18.9 Å². The van der Waals surface area contributed by atoms with Gasteiger partial charge in [-0.2, -0.15) is 16.9 Å². The minimum absolute atomic E-state index is 0.123. The molecule has 1 atom stereocenters. The summed E-state index contributed by atoms with van der Waals surface area (Å²) in [5.74, 6) is 0.856. The van der Waals surface area contributed by atoms with Crippen LogP contribution >= 0.6 is 11.8 Å². The van der Waals surface area contributed by atoms with Crippen molar-refractivity contribution in [3.63, 3.8) is 0 Å². The normalized spacial score (nSPS) is 25.1. The smallest absolute Gasteiger partial charge is 0.242 e. The standard InChI is InChI=1S/C8H14N2O2S/c1-6-7(3-5-13-6)9-10-8(12)2-4-11/h6,11H,2-5H2,1H3,(H,10,12)/b9-7+. The zero-order valence-corrected chi connectivity index (χ0v) is 8.43. The van der Waals surface area contributed by atoms with Crippen molar-refractivity contribution in [3.8, 4) is 0 Å². The largest absolute Gasteiger partial charge is 0.396 e. The van der Waals surface area contributed by atoms with Crippen LogP contribution in [-0.2, 0) is 4.79 Å². The third-order valence-corrected chi connectivity index (χ3v) is 3.07. The summed E-state index contributed by atoms with van der Waals surface area (Å²) in [5, 5.41) is 12.9. The molecule has 1 saturated heterocycles. The molecule has 1 fully saturated rings. The quantitative estimate of drug-likeness (QED) is 0.650. The van der Waals surface area contributed by atoms with Gasteiger partial charge < -0.3 is 5.11 Å². The highest BCUT2D eigenvalue weighted by atomic mass is 32.2. The average Bonchev–Trinajstić information content (AvgIpc) is 2.48. The van der Waals surface area contributed by atoms with Crippen LogP contribution in [0.5, 0.6) is 0 Å². The second-order valence-electron chi connectivity index (χ2n) is 2.87. The van der Waals surface area contributed by atoms with Crippen LogP contribution < -0.4 is 5.43 Å². The molecule has 1 rings (SSSR count). The lowest BCUT2D eigenvalue weighted by Gasteiger charge is -2.02. The van der Waals surface area contributed by atoms with Crippen LogP contribution in [0.3, 0.4) is 0 Å². The molecule has 1 amide bonds. The SMILES string of the molecule is CC1SCC/C1=N\NC(=O)CCO. The number of amides is 1. The maximum absolute atomic E-state index is 10.9. The van der Waals surface area contributed by atoms with Gasteiger partial charge in [0.1, 0.15) is 0 Å². The average molecular weight is 202 g/mol. The van der Waals surface area contributed by atoms with Crippen molar-refractivity contribution in [1.82, 2.24) is 5.43 Å². The van der Waals surface area contributed by atoms with E-state index in [2.05, 4.69) is 17.5 Å². The number of aliphatic hydroxyl groups is 1. The maximum Gasteiger partial charge on any atom is 0.242 e. The van der Waals surface area contributed by atoms with Crippen molar-refractivity contribution in [2.45, 2.75) is 25.0 Å². The van der Waals surface area contributed by atoms with Gasteiger partial charge >= 0.3 is 0 Å². The number of aliphatic hydroxyl groups excluding tert-OH is 1. The van der Waals surface area contributed by atoms with Crippen LogP contribution in [0.2, 0.25) is 0 Å². The molecule has 74 valence electrons. The number of nitrogens with zero attached hydrogens (tertiary/aromatic N) is 1. The Morgan fingerprint density at radius 3 is 3.15 bits per heavy atom. The van der Waals surface area contributed by atoms with Gasteiger partial charge in [0.15, 0.2) is 0 Å². The van der Waals surface area contributed by atoms with Crippen LogP contribution in [-0.4, -0.2) is 34.3 Å². The molecular weight excluding hydrogens is 188 g/mol. The molecular formula is C8H14N2O2S. The predicted octanol–water partition coefficient (Wildman–Crippen LogP) is 0.366. The molecule has 0 aromatic rings. The van der Waals surface area contributed by atoms with Gasteiger partial charge in [0, 0.05) is 5.25 Å². The number of carbonyl (C=O) groups excluding carboxylic acids is 1.